The first-order chi connectivity index (χ1) is 11.1. The molecule has 0 unspecified atom stereocenters. The third-order valence-electron chi connectivity index (χ3n) is 3.87. The SMILES string of the molecule is Cc1ccc(C(=O)Nc2ccc(N3CCOCC3)c(Br)c2)cc1. The fourth-order valence-corrected chi connectivity index (χ4v) is 3.18. The minimum atomic E-state index is -0.101. The number of nitrogens with one attached hydrogen (secondary N) is 1. The molecular weight excluding hydrogens is 356 g/mol. The molecule has 0 radical (unpaired) electrons. The molecule has 0 spiro atoms. The molecule has 1 heterocycles. The van der Waals surface area contributed by atoms with Gasteiger partial charge < -0.3 is 15.0 Å². The standard InChI is InChI=1S/C18H19BrN2O2/c1-13-2-4-14(5-3-13)18(22)20-15-6-7-17(16(19)12-15)21-8-10-23-11-9-21/h2-7,12H,8-11H2,1H3,(H,20,22). The van der Waals surface area contributed by atoms with Crippen molar-refractivity contribution in [3.05, 3.63) is 58.1 Å². The van der Waals surface area contributed by atoms with Crippen molar-refractivity contribution >= 4 is 33.2 Å². The third kappa shape index (κ3) is 3.92. The predicted molar refractivity (Wildman–Crippen MR) is 96.3 cm³/mol. The van der Waals surface area contributed by atoms with E-state index in [0.717, 1.165) is 47.7 Å². The molecule has 0 aromatic heterocycles. The topological polar surface area (TPSA) is 41.6 Å². The molecule has 0 bridgehead atoms. The van der Waals surface area contributed by atoms with E-state index in [0.29, 0.717) is 5.56 Å². The van der Waals surface area contributed by atoms with Crippen molar-refractivity contribution in [2.45, 2.75) is 6.92 Å². The first-order valence-corrected chi connectivity index (χ1v) is 8.43. The van der Waals surface area contributed by atoms with E-state index < -0.39 is 0 Å². The second-order valence-electron chi connectivity index (χ2n) is 5.59. The van der Waals surface area contributed by atoms with Crippen molar-refractivity contribution in [3.8, 4) is 0 Å². The van der Waals surface area contributed by atoms with Crippen LogP contribution in [0.2, 0.25) is 0 Å². The van der Waals surface area contributed by atoms with Crippen LogP contribution in [0, 0.1) is 6.92 Å². The number of hydrogen-bond donors (Lipinski definition) is 1. The van der Waals surface area contributed by atoms with Crippen molar-refractivity contribution < 1.29 is 9.53 Å². The normalized spacial score (nSPS) is 14.6. The van der Waals surface area contributed by atoms with E-state index >= 15 is 0 Å². The molecule has 23 heavy (non-hydrogen) atoms. The lowest BCUT2D eigenvalue weighted by molar-refractivity contribution is 0.102. The van der Waals surface area contributed by atoms with Crippen molar-refractivity contribution in [2.75, 3.05) is 36.5 Å². The lowest BCUT2D eigenvalue weighted by Crippen LogP contribution is -2.36. The number of ether oxygens (including phenoxy) is 1. The molecule has 0 aliphatic carbocycles. The number of amides is 1. The number of rotatable bonds is 3. The van der Waals surface area contributed by atoms with E-state index in [-0.39, 0.29) is 5.91 Å². The lowest BCUT2D eigenvalue weighted by atomic mass is 10.1. The van der Waals surface area contributed by atoms with Gasteiger partial charge in [-0.2, -0.15) is 0 Å². The highest BCUT2D eigenvalue weighted by Crippen LogP contribution is 2.30. The Morgan fingerprint density at radius 3 is 2.48 bits per heavy atom. The maximum absolute atomic E-state index is 12.3. The molecule has 1 aliphatic rings. The van der Waals surface area contributed by atoms with E-state index in [9.17, 15) is 4.79 Å². The van der Waals surface area contributed by atoms with Gasteiger partial charge in [0, 0.05) is 28.8 Å². The minimum absolute atomic E-state index is 0.101. The Morgan fingerprint density at radius 1 is 1.13 bits per heavy atom. The fraction of sp³-hybridized carbons (Fsp3) is 0.278. The van der Waals surface area contributed by atoms with Crippen molar-refractivity contribution in [3.63, 3.8) is 0 Å². The maximum Gasteiger partial charge on any atom is 0.255 e. The highest BCUT2D eigenvalue weighted by Gasteiger charge is 2.14. The summed E-state index contributed by atoms with van der Waals surface area (Å²) >= 11 is 3.60. The Bertz CT molecular complexity index is 695. The number of halogens is 1. The van der Waals surface area contributed by atoms with Crippen LogP contribution in [0.1, 0.15) is 15.9 Å². The van der Waals surface area contributed by atoms with Crippen molar-refractivity contribution in [1.29, 1.82) is 0 Å². The second kappa shape index (κ2) is 7.15. The third-order valence-corrected chi connectivity index (χ3v) is 4.51. The summed E-state index contributed by atoms with van der Waals surface area (Å²) < 4.78 is 6.35. The van der Waals surface area contributed by atoms with E-state index in [1.807, 2.05) is 49.4 Å². The summed E-state index contributed by atoms with van der Waals surface area (Å²) in [4.78, 5) is 14.5. The molecular formula is C18H19BrN2O2. The summed E-state index contributed by atoms with van der Waals surface area (Å²) in [5, 5.41) is 2.94. The molecule has 2 aromatic carbocycles. The number of carbonyl (C=O) groups excluding carboxylic acids is 1. The van der Waals surface area contributed by atoms with E-state index in [1.165, 1.54) is 0 Å². The molecule has 1 amide bonds. The molecule has 2 aromatic rings. The average Bonchev–Trinajstić information content (AvgIpc) is 2.56. The molecule has 1 fully saturated rings. The number of benzene rings is 2. The summed E-state index contributed by atoms with van der Waals surface area (Å²) in [7, 11) is 0. The minimum Gasteiger partial charge on any atom is -0.378 e. The zero-order chi connectivity index (χ0) is 16.2. The van der Waals surface area contributed by atoms with Crippen LogP contribution in [-0.2, 0) is 4.74 Å². The molecule has 4 nitrogen and oxygen atoms in total. The first kappa shape index (κ1) is 16.0. The van der Waals surface area contributed by atoms with Crippen LogP contribution >= 0.6 is 15.9 Å². The van der Waals surface area contributed by atoms with Crippen LogP contribution in [0.4, 0.5) is 11.4 Å². The zero-order valence-electron chi connectivity index (χ0n) is 13.0. The highest BCUT2D eigenvalue weighted by molar-refractivity contribution is 9.10. The number of aryl methyl sites for hydroxylation is 1. The van der Waals surface area contributed by atoms with E-state index in [1.54, 1.807) is 0 Å². The molecule has 5 heteroatoms. The Labute approximate surface area is 144 Å². The van der Waals surface area contributed by atoms with Gasteiger partial charge in [-0.05, 0) is 53.2 Å². The predicted octanol–water partition coefficient (Wildman–Crippen LogP) is 3.85. The molecule has 1 saturated heterocycles. The lowest BCUT2D eigenvalue weighted by Gasteiger charge is -2.29. The van der Waals surface area contributed by atoms with Gasteiger partial charge in [-0.1, -0.05) is 17.7 Å². The second-order valence-corrected chi connectivity index (χ2v) is 6.44. The maximum atomic E-state index is 12.3. The van der Waals surface area contributed by atoms with Crippen LogP contribution in [0.25, 0.3) is 0 Å². The summed E-state index contributed by atoms with van der Waals surface area (Å²) in [6.07, 6.45) is 0. The van der Waals surface area contributed by atoms with Crippen LogP contribution in [-0.4, -0.2) is 32.2 Å². The molecule has 3 rings (SSSR count). The quantitative estimate of drug-likeness (QED) is 0.886. The van der Waals surface area contributed by atoms with Crippen LogP contribution in [0.5, 0.6) is 0 Å². The number of hydrogen-bond acceptors (Lipinski definition) is 3. The monoisotopic (exact) mass is 374 g/mol. The number of nitrogens with zero attached hydrogens (tertiary/aromatic N) is 1. The van der Waals surface area contributed by atoms with Gasteiger partial charge in [0.05, 0.1) is 18.9 Å². The summed E-state index contributed by atoms with van der Waals surface area (Å²) in [5.41, 5.74) is 3.70. The van der Waals surface area contributed by atoms with Crippen LogP contribution in [0.15, 0.2) is 46.9 Å². The molecule has 1 N–H and O–H groups in total. The Morgan fingerprint density at radius 2 is 1.83 bits per heavy atom. The zero-order valence-corrected chi connectivity index (χ0v) is 14.6. The number of morpholine rings is 1. The van der Waals surface area contributed by atoms with Crippen molar-refractivity contribution in [2.24, 2.45) is 0 Å². The first-order valence-electron chi connectivity index (χ1n) is 7.64. The van der Waals surface area contributed by atoms with Crippen molar-refractivity contribution in [1.82, 2.24) is 0 Å². The molecule has 1 aliphatic heterocycles. The summed E-state index contributed by atoms with van der Waals surface area (Å²) in [6.45, 7) is 5.27. The molecule has 120 valence electrons. The highest BCUT2D eigenvalue weighted by atomic mass is 79.9. The van der Waals surface area contributed by atoms with E-state index in [4.69, 9.17) is 4.74 Å². The smallest absolute Gasteiger partial charge is 0.255 e. The number of carbonyl (C=O) groups is 1. The fourth-order valence-electron chi connectivity index (χ4n) is 2.55. The Balaban J connectivity index is 1.72. The summed E-state index contributed by atoms with van der Waals surface area (Å²) in [6, 6.07) is 13.4. The Kier molecular flexibility index (Phi) is 4.98. The molecule has 0 atom stereocenters. The van der Waals surface area contributed by atoms with Gasteiger partial charge >= 0.3 is 0 Å². The number of anilines is 2. The van der Waals surface area contributed by atoms with Crippen LogP contribution < -0.4 is 10.2 Å². The van der Waals surface area contributed by atoms with Gasteiger partial charge in [0.1, 0.15) is 0 Å². The summed E-state index contributed by atoms with van der Waals surface area (Å²) in [5.74, 6) is -0.101. The van der Waals surface area contributed by atoms with Gasteiger partial charge in [0.15, 0.2) is 0 Å². The average molecular weight is 375 g/mol. The van der Waals surface area contributed by atoms with Gasteiger partial charge in [-0.25, -0.2) is 0 Å². The Hall–Kier alpha value is -1.85. The molecule has 0 saturated carbocycles. The largest absolute Gasteiger partial charge is 0.378 e. The van der Waals surface area contributed by atoms with Gasteiger partial charge in [-0.3, -0.25) is 4.79 Å². The van der Waals surface area contributed by atoms with Gasteiger partial charge in [-0.15, -0.1) is 0 Å². The van der Waals surface area contributed by atoms with Gasteiger partial charge in [0.2, 0.25) is 0 Å². The van der Waals surface area contributed by atoms with E-state index in [2.05, 4.69) is 26.1 Å². The van der Waals surface area contributed by atoms with Gasteiger partial charge in [0.25, 0.3) is 5.91 Å². The van der Waals surface area contributed by atoms with Crippen LogP contribution in [0.3, 0.4) is 0 Å².